The van der Waals surface area contributed by atoms with Crippen LogP contribution >= 0.6 is 0 Å². The molecule has 178 valence electrons. The van der Waals surface area contributed by atoms with Crippen LogP contribution in [0.1, 0.15) is 62.8 Å². The summed E-state index contributed by atoms with van der Waals surface area (Å²) in [5, 5.41) is 12.5. The van der Waals surface area contributed by atoms with Gasteiger partial charge in [-0.05, 0) is 57.2 Å². The van der Waals surface area contributed by atoms with Crippen LogP contribution in [-0.2, 0) is 20.9 Å². The molecule has 2 fully saturated rings. The normalized spacial score (nSPS) is 22.1. The number of hydrogen-bond acceptors (Lipinski definition) is 6. The minimum atomic E-state index is -1.10. The maximum absolute atomic E-state index is 12.9. The number of benzene rings is 1. The summed E-state index contributed by atoms with van der Waals surface area (Å²) in [5.74, 6) is 0.626. The molecule has 2 atom stereocenters. The number of nitrogens with zero attached hydrogens (tertiary/aromatic N) is 1. The number of aromatic nitrogens is 1. The second-order valence-corrected chi connectivity index (χ2v) is 9.13. The number of aliphatic carboxylic acids is 1. The zero-order valence-electron chi connectivity index (χ0n) is 19.3. The van der Waals surface area contributed by atoms with E-state index in [1.165, 1.54) is 0 Å². The molecule has 1 amide bonds. The lowest BCUT2D eigenvalue weighted by molar-refractivity contribution is -0.148. The molecule has 4 rings (SSSR count). The van der Waals surface area contributed by atoms with Crippen LogP contribution in [0, 0.1) is 12.8 Å². The van der Waals surface area contributed by atoms with Crippen LogP contribution in [0.5, 0.6) is 5.75 Å². The van der Waals surface area contributed by atoms with E-state index in [2.05, 4.69) is 10.3 Å². The molecule has 0 unspecified atom stereocenters. The van der Waals surface area contributed by atoms with Crippen LogP contribution < -0.4 is 10.1 Å². The van der Waals surface area contributed by atoms with Crippen LogP contribution in [0.4, 0.5) is 0 Å². The quantitative estimate of drug-likeness (QED) is 0.611. The number of amides is 1. The van der Waals surface area contributed by atoms with Crippen molar-refractivity contribution in [2.45, 2.75) is 76.5 Å². The molecule has 0 spiro atoms. The lowest BCUT2D eigenvalue weighted by Gasteiger charge is -2.32. The highest BCUT2D eigenvalue weighted by molar-refractivity contribution is 5.88. The number of hydrogen-bond donors (Lipinski definition) is 2. The average Bonchev–Trinajstić information content (AvgIpc) is 3.45. The fourth-order valence-corrected chi connectivity index (χ4v) is 4.88. The summed E-state index contributed by atoms with van der Waals surface area (Å²) in [7, 11) is 1.62. The number of oxazole rings is 1. The molecular weight excluding hydrogens is 424 g/mol. The molecule has 0 radical (unpaired) electrons. The number of methoxy groups -OCH3 is 1. The van der Waals surface area contributed by atoms with Gasteiger partial charge >= 0.3 is 5.97 Å². The van der Waals surface area contributed by atoms with Crippen molar-refractivity contribution in [2.24, 2.45) is 5.92 Å². The highest BCUT2D eigenvalue weighted by Crippen LogP contribution is 2.33. The van der Waals surface area contributed by atoms with Crippen molar-refractivity contribution in [1.29, 1.82) is 0 Å². The third-order valence-electron chi connectivity index (χ3n) is 6.89. The first-order valence-corrected chi connectivity index (χ1v) is 11.7. The van der Waals surface area contributed by atoms with Crippen LogP contribution in [0.2, 0.25) is 0 Å². The van der Waals surface area contributed by atoms with Gasteiger partial charge in [0.25, 0.3) is 0 Å². The van der Waals surface area contributed by atoms with Gasteiger partial charge in [0.05, 0.1) is 19.8 Å². The van der Waals surface area contributed by atoms with E-state index < -0.39 is 11.5 Å². The van der Waals surface area contributed by atoms with Crippen molar-refractivity contribution in [3.05, 3.63) is 35.7 Å². The molecule has 8 nitrogen and oxygen atoms in total. The summed E-state index contributed by atoms with van der Waals surface area (Å²) in [6.45, 7) is 2.16. The highest BCUT2D eigenvalue weighted by atomic mass is 16.5. The Morgan fingerprint density at radius 1 is 1.24 bits per heavy atom. The molecule has 1 aromatic heterocycles. The number of aryl methyl sites for hydroxylation is 1. The maximum atomic E-state index is 12.9. The molecule has 2 aliphatic carbocycles. The number of nitrogens with one attached hydrogen (secondary N) is 1. The molecule has 2 N–H and O–H groups in total. The Labute approximate surface area is 193 Å². The van der Waals surface area contributed by atoms with Crippen molar-refractivity contribution >= 4 is 11.9 Å². The largest absolute Gasteiger partial charge is 0.497 e. The molecule has 8 heteroatoms. The molecular formula is C25H32N2O6. The van der Waals surface area contributed by atoms with Crippen LogP contribution in [-0.4, -0.2) is 40.7 Å². The van der Waals surface area contributed by atoms with E-state index in [9.17, 15) is 14.7 Å². The van der Waals surface area contributed by atoms with Gasteiger partial charge in [-0.3, -0.25) is 4.79 Å². The summed E-state index contributed by atoms with van der Waals surface area (Å²) in [6.07, 6.45) is 5.67. The zero-order valence-corrected chi connectivity index (χ0v) is 19.3. The Kier molecular flexibility index (Phi) is 7.02. The minimum Gasteiger partial charge on any atom is -0.497 e. The van der Waals surface area contributed by atoms with Crippen molar-refractivity contribution in [2.75, 3.05) is 7.11 Å². The lowest BCUT2D eigenvalue weighted by atomic mass is 9.85. The second-order valence-electron chi connectivity index (χ2n) is 9.13. The van der Waals surface area contributed by atoms with E-state index in [1.54, 1.807) is 7.11 Å². The molecule has 2 aliphatic rings. The Hall–Kier alpha value is -2.87. The molecule has 2 aromatic rings. The van der Waals surface area contributed by atoms with Gasteiger partial charge in [0.15, 0.2) is 0 Å². The minimum absolute atomic E-state index is 0.0739. The Balaban J connectivity index is 1.35. The van der Waals surface area contributed by atoms with E-state index in [0.29, 0.717) is 37.5 Å². The molecule has 1 heterocycles. The molecule has 0 aliphatic heterocycles. The Bertz CT molecular complexity index is 995. The fraction of sp³-hybridized carbons (Fsp3) is 0.560. The van der Waals surface area contributed by atoms with Crippen LogP contribution in [0.3, 0.4) is 0 Å². The summed E-state index contributed by atoms with van der Waals surface area (Å²) < 4.78 is 17.2. The van der Waals surface area contributed by atoms with Gasteiger partial charge in [-0.1, -0.05) is 25.3 Å². The maximum Gasteiger partial charge on any atom is 0.329 e. The first kappa shape index (κ1) is 23.3. The van der Waals surface area contributed by atoms with Gasteiger partial charge in [0.1, 0.15) is 22.7 Å². The van der Waals surface area contributed by atoms with Crippen molar-refractivity contribution in [3.63, 3.8) is 0 Å². The molecule has 33 heavy (non-hydrogen) atoms. The number of carboxylic acids is 1. The first-order chi connectivity index (χ1) is 15.9. The number of ether oxygens (including phenoxy) is 2. The van der Waals surface area contributed by atoms with E-state index >= 15 is 0 Å². The van der Waals surface area contributed by atoms with Gasteiger partial charge in [-0.2, -0.15) is 0 Å². The SMILES string of the molecule is COc1cccc(-c2nc(CO[C@@H]3CCC[C@H](C(=O)NC4(C(=O)O)CCCC4)C3)c(C)o2)c1. The van der Waals surface area contributed by atoms with E-state index in [1.807, 2.05) is 31.2 Å². The third-order valence-corrected chi connectivity index (χ3v) is 6.89. The van der Waals surface area contributed by atoms with E-state index in [4.69, 9.17) is 13.9 Å². The van der Waals surface area contributed by atoms with Crippen molar-refractivity contribution < 1.29 is 28.6 Å². The molecule has 0 bridgehead atoms. The topological polar surface area (TPSA) is 111 Å². The van der Waals surface area contributed by atoms with E-state index in [-0.39, 0.29) is 17.9 Å². The van der Waals surface area contributed by atoms with Gasteiger partial charge in [-0.25, -0.2) is 9.78 Å². The lowest BCUT2D eigenvalue weighted by Crippen LogP contribution is -2.54. The Morgan fingerprint density at radius 3 is 2.76 bits per heavy atom. The summed E-state index contributed by atoms with van der Waals surface area (Å²) >= 11 is 0. The zero-order chi connectivity index (χ0) is 23.4. The summed E-state index contributed by atoms with van der Waals surface area (Å²) in [5.41, 5.74) is 0.465. The monoisotopic (exact) mass is 456 g/mol. The predicted octanol–water partition coefficient (Wildman–Crippen LogP) is 4.25. The summed E-state index contributed by atoms with van der Waals surface area (Å²) in [6, 6.07) is 7.53. The number of carbonyl (C=O) groups is 2. The fourth-order valence-electron chi connectivity index (χ4n) is 4.88. The predicted molar refractivity (Wildman–Crippen MR) is 121 cm³/mol. The second kappa shape index (κ2) is 9.95. The van der Waals surface area contributed by atoms with Crippen LogP contribution in [0.15, 0.2) is 28.7 Å². The number of rotatable bonds is 8. The number of carbonyl (C=O) groups excluding carboxylic acids is 1. The van der Waals surface area contributed by atoms with Gasteiger partial charge < -0.3 is 24.3 Å². The van der Waals surface area contributed by atoms with Gasteiger partial charge in [-0.15, -0.1) is 0 Å². The third kappa shape index (κ3) is 5.21. The first-order valence-electron chi connectivity index (χ1n) is 11.7. The standard InChI is InChI=1S/C25H32N2O6/c1-16-21(26-23(33-16)18-8-6-9-19(14-18)31-2)15-32-20-10-5-7-17(13-20)22(28)27-25(24(29)30)11-3-4-12-25/h6,8-9,14,17,20H,3-5,7,10-13,15H2,1-2H3,(H,27,28)(H,29,30)/t17-,20+/m0/s1. The smallest absolute Gasteiger partial charge is 0.329 e. The van der Waals surface area contributed by atoms with Gasteiger partial charge in [0.2, 0.25) is 11.8 Å². The number of carboxylic acid groups (broad SMARTS) is 1. The summed E-state index contributed by atoms with van der Waals surface area (Å²) in [4.78, 5) is 29.3. The molecule has 2 saturated carbocycles. The van der Waals surface area contributed by atoms with Gasteiger partial charge in [0, 0.05) is 11.5 Å². The molecule has 0 saturated heterocycles. The highest BCUT2D eigenvalue weighted by Gasteiger charge is 2.44. The van der Waals surface area contributed by atoms with E-state index in [0.717, 1.165) is 49.1 Å². The van der Waals surface area contributed by atoms with Crippen molar-refractivity contribution in [1.82, 2.24) is 10.3 Å². The molecule has 1 aromatic carbocycles. The Morgan fingerprint density at radius 2 is 2.03 bits per heavy atom. The van der Waals surface area contributed by atoms with Crippen LogP contribution in [0.25, 0.3) is 11.5 Å². The average molecular weight is 457 g/mol. The van der Waals surface area contributed by atoms with Crippen molar-refractivity contribution in [3.8, 4) is 17.2 Å².